The molecule has 0 amide bonds. The van der Waals surface area contributed by atoms with Crippen molar-refractivity contribution in [2.45, 2.75) is 58.5 Å². The van der Waals surface area contributed by atoms with Gasteiger partial charge in [-0.2, -0.15) is 9.97 Å². The van der Waals surface area contributed by atoms with E-state index in [4.69, 9.17) is 31.7 Å². The van der Waals surface area contributed by atoms with Crippen molar-refractivity contribution in [3.63, 3.8) is 0 Å². The molecule has 3 aliphatic heterocycles. The molecular formula is C26H36N6O2S. The van der Waals surface area contributed by atoms with Crippen LogP contribution in [0.4, 0.5) is 17.6 Å². The summed E-state index contributed by atoms with van der Waals surface area (Å²) in [6.45, 7) is 9.42. The molecule has 2 N–H and O–H groups in total. The molecule has 0 spiro atoms. The van der Waals surface area contributed by atoms with Gasteiger partial charge < -0.3 is 29.9 Å². The van der Waals surface area contributed by atoms with Gasteiger partial charge in [-0.15, -0.1) is 0 Å². The van der Waals surface area contributed by atoms with E-state index < -0.39 is 0 Å². The number of nitrogens with zero attached hydrogens (tertiary/aromatic N) is 4. The zero-order valence-electron chi connectivity index (χ0n) is 20.8. The number of piperidine rings is 2. The predicted molar refractivity (Wildman–Crippen MR) is 144 cm³/mol. The third-order valence-corrected chi connectivity index (χ3v) is 7.31. The lowest BCUT2D eigenvalue weighted by Crippen LogP contribution is -2.39. The van der Waals surface area contributed by atoms with Crippen LogP contribution in [-0.2, 0) is 6.54 Å². The van der Waals surface area contributed by atoms with E-state index in [1.807, 2.05) is 18.2 Å². The molecule has 35 heavy (non-hydrogen) atoms. The highest BCUT2D eigenvalue weighted by Gasteiger charge is 2.24. The van der Waals surface area contributed by atoms with Crippen molar-refractivity contribution in [2.24, 2.45) is 5.92 Å². The maximum absolute atomic E-state index is 5.69. The molecule has 1 aromatic carbocycles. The van der Waals surface area contributed by atoms with Gasteiger partial charge in [-0.05, 0) is 74.9 Å². The van der Waals surface area contributed by atoms with Gasteiger partial charge >= 0.3 is 0 Å². The lowest BCUT2D eigenvalue weighted by molar-refractivity contribution is 0.171. The van der Waals surface area contributed by atoms with Gasteiger partial charge in [-0.3, -0.25) is 0 Å². The fourth-order valence-electron chi connectivity index (χ4n) is 5.15. The Morgan fingerprint density at radius 2 is 1.83 bits per heavy atom. The Hall–Kier alpha value is -2.81. The first kappa shape index (κ1) is 23.9. The zero-order valence-corrected chi connectivity index (χ0v) is 21.6. The Morgan fingerprint density at radius 1 is 1.00 bits per heavy atom. The van der Waals surface area contributed by atoms with Crippen LogP contribution < -0.4 is 29.9 Å². The molecular weight excluding hydrogens is 460 g/mol. The zero-order chi connectivity index (χ0) is 24.2. The molecule has 5 rings (SSSR count). The monoisotopic (exact) mass is 496 g/mol. The Balaban J connectivity index is 1.30. The minimum absolute atomic E-state index is 0.472. The Kier molecular flexibility index (Phi) is 7.41. The number of aromatic nitrogens is 2. The van der Waals surface area contributed by atoms with Crippen LogP contribution in [-0.4, -0.2) is 54.0 Å². The standard InChI is InChI=1S/C26H36N6O2S/c1-18-6-5-10-31(17-18)23-15-24(32-11-4-3-7-19(32)2)29-25(28-23)30-26(35)27-16-20-8-9-21-22(14-20)34-13-12-33-21/h8-9,14-15,18-19H,3-7,10-13,16-17H2,1-2H3,(H2,27,28,29,30,35). The SMILES string of the molecule is CC1CCCN(c2cc(N3CCCCC3C)nc(NC(=S)NCc3ccc4c(c3)OCCO4)n2)C1. The van der Waals surface area contributed by atoms with Crippen molar-refractivity contribution < 1.29 is 9.47 Å². The molecule has 2 atom stereocenters. The smallest absolute Gasteiger partial charge is 0.232 e. The predicted octanol–water partition coefficient (Wildman–Crippen LogP) is 4.35. The normalized spacial score (nSPS) is 22.0. The number of hydrogen-bond acceptors (Lipinski definition) is 7. The van der Waals surface area contributed by atoms with Crippen molar-refractivity contribution in [1.82, 2.24) is 15.3 Å². The van der Waals surface area contributed by atoms with Crippen LogP contribution in [0.15, 0.2) is 24.3 Å². The molecule has 0 radical (unpaired) electrons. The molecule has 1 aromatic heterocycles. The Morgan fingerprint density at radius 3 is 2.66 bits per heavy atom. The van der Waals surface area contributed by atoms with E-state index >= 15 is 0 Å². The topological polar surface area (TPSA) is 74.8 Å². The van der Waals surface area contributed by atoms with Gasteiger partial charge in [0, 0.05) is 38.3 Å². The maximum atomic E-state index is 5.69. The summed E-state index contributed by atoms with van der Waals surface area (Å²) in [6, 6.07) is 8.60. The van der Waals surface area contributed by atoms with Gasteiger partial charge in [0.2, 0.25) is 5.95 Å². The van der Waals surface area contributed by atoms with Crippen LogP contribution >= 0.6 is 12.2 Å². The number of benzene rings is 1. The highest BCUT2D eigenvalue weighted by atomic mass is 32.1. The average Bonchev–Trinajstić information content (AvgIpc) is 2.87. The van der Waals surface area contributed by atoms with E-state index in [0.29, 0.717) is 42.8 Å². The number of anilines is 3. The number of nitrogens with one attached hydrogen (secondary N) is 2. The molecule has 9 heteroatoms. The van der Waals surface area contributed by atoms with Crippen molar-refractivity contribution in [1.29, 1.82) is 0 Å². The molecule has 2 saturated heterocycles. The van der Waals surface area contributed by atoms with Gasteiger partial charge in [-0.1, -0.05) is 13.0 Å². The van der Waals surface area contributed by atoms with E-state index in [0.717, 1.165) is 48.3 Å². The molecule has 4 heterocycles. The molecule has 188 valence electrons. The average molecular weight is 497 g/mol. The largest absolute Gasteiger partial charge is 0.486 e. The molecule has 0 aliphatic carbocycles. The van der Waals surface area contributed by atoms with Crippen molar-refractivity contribution in [3.05, 3.63) is 29.8 Å². The molecule has 0 bridgehead atoms. The van der Waals surface area contributed by atoms with Gasteiger partial charge in [0.15, 0.2) is 16.6 Å². The molecule has 2 fully saturated rings. The first-order chi connectivity index (χ1) is 17.0. The Labute approximate surface area is 213 Å². The third kappa shape index (κ3) is 5.89. The summed E-state index contributed by atoms with van der Waals surface area (Å²) in [5.41, 5.74) is 1.07. The second-order valence-electron chi connectivity index (χ2n) is 9.93. The van der Waals surface area contributed by atoms with Gasteiger partial charge in [0.1, 0.15) is 24.8 Å². The van der Waals surface area contributed by atoms with Gasteiger partial charge in [-0.25, -0.2) is 0 Å². The minimum Gasteiger partial charge on any atom is -0.486 e. The van der Waals surface area contributed by atoms with Gasteiger partial charge in [0.25, 0.3) is 0 Å². The first-order valence-corrected chi connectivity index (χ1v) is 13.3. The number of thiocarbonyl (C=S) groups is 1. The second kappa shape index (κ2) is 10.8. The molecule has 0 saturated carbocycles. The summed E-state index contributed by atoms with van der Waals surface area (Å²) in [7, 11) is 0. The molecule has 2 unspecified atom stereocenters. The Bertz CT molecular complexity index is 1050. The summed E-state index contributed by atoms with van der Waals surface area (Å²) < 4.78 is 11.3. The highest BCUT2D eigenvalue weighted by molar-refractivity contribution is 7.80. The summed E-state index contributed by atoms with van der Waals surface area (Å²) in [5.74, 6) is 4.75. The van der Waals surface area contributed by atoms with Crippen LogP contribution in [0.2, 0.25) is 0 Å². The fourth-order valence-corrected chi connectivity index (χ4v) is 5.31. The first-order valence-electron chi connectivity index (χ1n) is 12.9. The van der Waals surface area contributed by atoms with E-state index in [9.17, 15) is 0 Å². The summed E-state index contributed by atoms with van der Waals surface area (Å²) in [4.78, 5) is 14.6. The van der Waals surface area contributed by atoms with Crippen LogP contribution in [0.1, 0.15) is 51.5 Å². The maximum Gasteiger partial charge on any atom is 0.232 e. The fraction of sp³-hybridized carbons (Fsp3) is 0.577. The quantitative estimate of drug-likeness (QED) is 0.588. The van der Waals surface area contributed by atoms with Crippen LogP contribution in [0, 0.1) is 5.92 Å². The molecule has 8 nitrogen and oxygen atoms in total. The number of ether oxygens (including phenoxy) is 2. The third-order valence-electron chi connectivity index (χ3n) is 7.06. The number of hydrogen-bond donors (Lipinski definition) is 2. The van der Waals surface area contributed by atoms with Crippen molar-refractivity contribution in [2.75, 3.05) is 48.0 Å². The second-order valence-corrected chi connectivity index (χ2v) is 10.3. The van der Waals surface area contributed by atoms with E-state index in [1.165, 1.54) is 32.1 Å². The summed E-state index contributed by atoms with van der Waals surface area (Å²) >= 11 is 5.61. The molecule has 3 aliphatic rings. The van der Waals surface area contributed by atoms with E-state index in [1.54, 1.807) is 0 Å². The minimum atomic E-state index is 0.472. The summed E-state index contributed by atoms with van der Waals surface area (Å²) in [5, 5.41) is 7.03. The van der Waals surface area contributed by atoms with Gasteiger partial charge in [0.05, 0.1) is 0 Å². The van der Waals surface area contributed by atoms with E-state index in [-0.39, 0.29) is 0 Å². The van der Waals surface area contributed by atoms with Crippen LogP contribution in [0.5, 0.6) is 11.5 Å². The highest BCUT2D eigenvalue weighted by Crippen LogP contribution is 2.31. The lowest BCUT2D eigenvalue weighted by atomic mass is 10.0. The molecule has 2 aromatic rings. The van der Waals surface area contributed by atoms with Crippen LogP contribution in [0.3, 0.4) is 0 Å². The summed E-state index contributed by atoms with van der Waals surface area (Å²) in [6.07, 6.45) is 6.13. The number of fused-ring (bicyclic) bond motifs is 1. The van der Waals surface area contributed by atoms with Crippen molar-refractivity contribution >= 4 is 34.9 Å². The van der Waals surface area contributed by atoms with E-state index in [2.05, 4.69) is 40.3 Å². The number of rotatable bonds is 5. The van der Waals surface area contributed by atoms with Crippen molar-refractivity contribution in [3.8, 4) is 11.5 Å². The lowest BCUT2D eigenvalue weighted by Gasteiger charge is -2.36. The van der Waals surface area contributed by atoms with Crippen LogP contribution in [0.25, 0.3) is 0 Å².